The van der Waals surface area contributed by atoms with Gasteiger partial charge in [-0.05, 0) is 62.8 Å². The molecule has 2 heteroatoms. The van der Waals surface area contributed by atoms with Crippen LogP contribution in [-0.4, -0.2) is 18.4 Å². The van der Waals surface area contributed by atoms with Gasteiger partial charge < -0.3 is 4.90 Å². The van der Waals surface area contributed by atoms with Crippen LogP contribution in [0.15, 0.2) is 24.3 Å². The third-order valence-electron chi connectivity index (χ3n) is 3.74. The molecule has 0 bridgehead atoms. The summed E-state index contributed by atoms with van der Waals surface area (Å²) in [6.45, 7) is 2.84. The predicted molar refractivity (Wildman–Crippen MR) is 69.5 cm³/mol. The highest BCUT2D eigenvalue weighted by molar-refractivity contribution is 5.94. The standard InChI is InChI=1S/C15H19NO/c1-11(17)13-4-6-14(7-5-13)16(15-8-9-15)10-12-2-3-12/h4-7,12,15H,2-3,8-10H2,1H3. The Bertz CT molecular complexity index is 415. The van der Waals surface area contributed by atoms with Gasteiger partial charge in [0.1, 0.15) is 0 Å². The zero-order valence-corrected chi connectivity index (χ0v) is 10.4. The highest BCUT2D eigenvalue weighted by Crippen LogP contribution is 2.37. The Morgan fingerprint density at radius 2 is 1.82 bits per heavy atom. The maximum Gasteiger partial charge on any atom is 0.159 e. The highest BCUT2D eigenvalue weighted by atomic mass is 16.1. The van der Waals surface area contributed by atoms with Crippen molar-refractivity contribution in [2.24, 2.45) is 5.92 Å². The molecule has 0 atom stereocenters. The monoisotopic (exact) mass is 229 g/mol. The molecule has 0 heterocycles. The average Bonchev–Trinajstić information content (AvgIpc) is 3.18. The summed E-state index contributed by atoms with van der Waals surface area (Å²) < 4.78 is 0. The van der Waals surface area contributed by atoms with Gasteiger partial charge in [0.05, 0.1) is 0 Å². The number of nitrogens with zero attached hydrogens (tertiary/aromatic N) is 1. The van der Waals surface area contributed by atoms with E-state index in [4.69, 9.17) is 0 Å². The van der Waals surface area contributed by atoms with Crippen molar-refractivity contribution in [1.29, 1.82) is 0 Å². The molecule has 3 rings (SSSR count). The van der Waals surface area contributed by atoms with E-state index in [1.807, 2.05) is 12.1 Å². The topological polar surface area (TPSA) is 20.3 Å². The van der Waals surface area contributed by atoms with Gasteiger partial charge >= 0.3 is 0 Å². The van der Waals surface area contributed by atoms with Crippen molar-refractivity contribution in [3.05, 3.63) is 29.8 Å². The van der Waals surface area contributed by atoms with E-state index >= 15 is 0 Å². The lowest BCUT2D eigenvalue weighted by atomic mass is 10.1. The van der Waals surface area contributed by atoms with Gasteiger partial charge in [0, 0.05) is 23.8 Å². The first kappa shape index (κ1) is 10.8. The molecule has 0 aliphatic heterocycles. The molecule has 0 radical (unpaired) electrons. The van der Waals surface area contributed by atoms with Crippen molar-refractivity contribution < 1.29 is 4.79 Å². The number of carbonyl (C=O) groups excluding carboxylic acids is 1. The fourth-order valence-corrected chi connectivity index (χ4v) is 2.32. The molecule has 0 N–H and O–H groups in total. The SMILES string of the molecule is CC(=O)c1ccc(N(CC2CC2)C2CC2)cc1. The molecular weight excluding hydrogens is 210 g/mol. The molecule has 0 saturated heterocycles. The van der Waals surface area contributed by atoms with Crippen molar-refractivity contribution in [2.75, 3.05) is 11.4 Å². The van der Waals surface area contributed by atoms with Gasteiger partial charge in [0.2, 0.25) is 0 Å². The maximum absolute atomic E-state index is 11.2. The molecule has 1 aromatic carbocycles. The zero-order valence-electron chi connectivity index (χ0n) is 10.4. The molecule has 0 spiro atoms. The Morgan fingerprint density at radius 1 is 1.18 bits per heavy atom. The van der Waals surface area contributed by atoms with Gasteiger partial charge in [-0.1, -0.05) is 0 Å². The van der Waals surface area contributed by atoms with Crippen LogP contribution >= 0.6 is 0 Å². The molecule has 0 amide bonds. The number of benzene rings is 1. The van der Waals surface area contributed by atoms with E-state index in [1.54, 1.807) is 6.92 Å². The average molecular weight is 229 g/mol. The Labute approximate surface area is 103 Å². The number of anilines is 1. The minimum atomic E-state index is 0.150. The molecule has 2 saturated carbocycles. The van der Waals surface area contributed by atoms with Gasteiger partial charge in [0.25, 0.3) is 0 Å². The fourth-order valence-electron chi connectivity index (χ4n) is 2.32. The third kappa shape index (κ3) is 2.51. The molecule has 1 aromatic rings. The first-order valence-corrected chi connectivity index (χ1v) is 6.61. The van der Waals surface area contributed by atoms with E-state index < -0.39 is 0 Å². The normalized spacial score (nSPS) is 19.1. The lowest BCUT2D eigenvalue weighted by molar-refractivity contribution is 0.101. The van der Waals surface area contributed by atoms with Crippen LogP contribution < -0.4 is 4.90 Å². The summed E-state index contributed by atoms with van der Waals surface area (Å²) in [5.41, 5.74) is 2.11. The summed E-state index contributed by atoms with van der Waals surface area (Å²) in [6.07, 6.45) is 5.46. The smallest absolute Gasteiger partial charge is 0.159 e. The van der Waals surface area contributed by atoms with Crippen LogP contribution in [0.25, 0.3) is 0 Å². The molecule has 2 aliphatic rings. The largest absolute Gasteiger partial charge is 0.368 e. The number of hydrogen-bond donors (Lipinski definition) is 0. The van der Waals surface area contributed by atoms with Crippen molar-refractivity contribution in [3.8, 4) is 0 Å². The second kappa shape index (κ2) is 4.17. The molecule has 0 unspecified atom stereocenters. The van der Waals surface area contributed by atoms with Crippen molar-refractivity contribution >= 4 is 11.5 Å². The quantitative estimate of drug-likeness (QED) is 0.722. The minimum Gasteiger partial charge on any atom is -0.368 e. The van der Waals surface area contributed by atoms with Crippen molar-refractivity contribution in [3.63, 3.8) is 0 Å². The number of carbonyl (C=O) groups is 1. The summed E-state index contributed by atoms with van der Waals surface area (Å²) in [5, 5.41) is 0. The predicted octanol–water partition coefficient (Wildman–Crippen LogP) is 3.27. The Hall–Kier alpha value is -1.31. The van der Waals surface area contributed by atoms with Crippen molar-refractivity contribution in [1.82, 2.24) is 0 Å². The van der Waals surface area contributed by atoms with Gasteiger partial charge in [0.15, 0.2) is 5.78 Å². The molecule has 2 nitrogen and oxygen atoms in total. The Kier molecular flexibility index (Phi) is 2.65. The Balaban J connectivity index is 1.77. The second-order valence-corrected chi connectivity index (χ2v) is 5.43. The first-order valence-electron chi connectivity index (χ1n) is 6.61. The number of ketones is 1. The van der Waals surface area contributed by atoms with Crippen LogP contribution in [-0.2, 0) is 0 Å². The van der Waals surface area contributed by atoms with Gasteiger partial charge in [-0.25, -0.2) is 0 Å². The second-order valence-electron chi connectivity index (χ2n) is 5.43. The van der Waals surface area contributed by atoms with Crippen molar-refractivity contribution in [2.45, 2.75) is 38.6 Å². The van der Waals surface area contributed by atoms with Gasteiger partial charge in [-0.15, -0.1) is 0 Å². The molecule has 2 aliphatic carbocycles. The van der Waals surface area contributed by atoms with E-state index in [2.05, 4.69) is 17.0 Å². The van der Waals surface area contributed by atoms with Crippen LogP contribution in [0.4, 0.5) is 5.69 Å². The van der Waals surface area contributed by atoms with E-state index in [0.717, 1.165) is 17.5 Å². The van der Waals surface area contributed by atoms with E-state index in [0.29, 0.717) is 0 Å². The molecule has 17 heavy (non-hydrogen) atoms. The van der Waals surface area contributed by atoms with E-state index in [1.165, 1.54) is 37.9 Å². The van der Waals surface area contributed by atoms with Gasteiger partial charge in [-0.2, -0.15) is 0 Å². The van der Waals surface area contributed by atoms with Crippen LogP contribution in [0.5, 0.6) is 0 Å². The summed E-state index contributed by atoms with van der Waals surface area (Å²) >= 11 is 0. The molecule has 2 fully saturated rings. The van der Waals surface area contributed by atoms with Crippen LogP contribution in [0.3, 0.4) is 0 Å². The minimum absolute atomic E-state index is 0.150. The van der Waals surface area contributed by atoms with Crippen LogP contribution in [0, 0.1) is 5.92 Å². The number of Topliss-reactive ketones (excluding diaryl/α,β-unsaturated/α-hetero) is 1. The summed E-state index contributed by atoms with van der Waals surface area (Å²) in [4.78, 5) is 13.8. The van der Waals surface area contributed by atoms with E-state index in [9.17, 15) is 4.79 Å². The number of hydrogen-bond acceptors (Lipinski definition) is 2. The molecular formula is C15H19NO. The summed E-state index contributed by atoms with van der Waals surface area (Å²) in [7, 11) is 0. The summed E-state index contributed by atoms with van der Waals surface area (Å²) in [5.74, 6) is 1.07. The molecule has 0 aromatic heterocycles. The lowest BCUT2D eigenvalue weighted by Gasteiger charge is -2.24. The molecule has 90 valence electrons. The first-order chi connectivity index (χ1) is 8.24. The lowest BCUT2D eigenvalue weighted by Crippen LogP contribution is -2.27. The fraction of sp³-hybridized carbons (Fsp3) is 0.533. The zero-order chi connectivity index (χ0) is 11.8. The summed E-state index contributed by atoms with van der Waals surface area (Å²) in [6, 6.07) is 8.90. The van der Waals surface area contributed by atoms with E-state index in [-0.39, 0.29) is 5.78 Å². The maximum atomic E-state index is 11.2. The van der Waals surface area contributed by atoms with Crippen LogP contribution in [0.1, 0.15) is 43.0 Å². The third-order valence-corrected chi connectivity index (χ3v) is 3.74. The Morgan fingerprint density at radius 3 is 2.29 bits per heavy atom. The number of rotatable bonds is 5. The van der Waals surface area contributed by atoms with Gasteiger partial charge in [-0.3, -0.25) is 4.79 Å². The van der Waals surface area contributed by atoms with Crippen LogP contribution in [0.2, 0.25) is 0 Å². The highest BCUT2D eigenvalue weighted by Gasteiger charge is 2.33.